The van der Waals surface area contributed by atoms with Crippen molar-refractivity contribution >= 4 is 28.2 Å². The average Bonchev–Trinajstić information content (AvgIpc) is 3.54. The molecule has 0 spiro atoms. The number of aryl methyl sites for hydroxylation is 1. The molecule has 2 atom stereocenters. The lowest BCUT2D eigenvalue weighted by molar-refractivity contribution is 0.0999. The molecular weight excluding hydrogens is 397 g/mol. The van der Waals surface area contributed by atoms with E-state index < -0.39 is 17.2 Å². The van der Waals surface area contributed by atoms with Gasteiger partial charge >= 0.3 is 0 Å². The van der Waals surface area contributed by atoms with Crippen LogP contribution in [0.25, 0.3) is 10.9 Å². The summed E-state index contributed by atoms with van der Waals surface area (Å²) in [6.07, 6.45) is 2.48. The fraction of sp³-hybridized carbons (Fsp3) is 0.304. The molecule has 1 heterocycles. The van der Waals surface area contributed by atoms with E-state index in [2.05, 4.69) is 22.8 Å². The quantitative estimate of drug-likeness (QED) is 0.328. The molecule has 0 bridgehead atoms. The minimum atomic E-state index is -0.865. The Morgan fingerprint density at radius 2 is 2.00 bits per heavy atom. The van der Waals surface area contributed by atoms with Crippen LogP contribution in [0.1, 0.15) is 35.2 Å². The summed E-state index contributed by atoms with van der Waals surface area (Å²) in [5.74, 6) is -1.05. The average molecular weight is 423 g/mol. The number of benzene rings is 2. The third-order valence-corrected chi connectivity index (χ3v) is 5.82. The first-order chi connectivity index (χ1) is 14.9. The second kappa shape index (κ2) is 8.39. The van der Waals surface area contributed by atoms with E-state index in [1.54, 1.807) is 10.6 Å². The molecule has 1 amide bonds. The van der Waals surface area contributed by atoms with Gasteiger partial charge in [0.1, 0.15) is 5.56 Å². The first-order valence-electron chi connectivity index (χ1n) is 10.4. The van der Waals surface area contributed by atoms with Crippen LogP contribution in [0.2, 0.25) is 0 Å². The van der Waals surface area contributed by atoms with Gasteiger partial charge < -0.3 is 26.7 Å². The molecule has 0 unspecified atom stereocenters. The molecule has 1 aromatic heterocycles. The van der Waals surface area contributed by atoms with Crippen LogP contribution >= 0.6 is 0 Å². The number of carbonyl (C=O) groups is 1. The van der Waals surface area contributed by atoms with Gasteiger partial charge in [-0.2, -0.15) is 0 Å². The molecule has 0 aliphatic heterocycles. The standard InChI is InChI=1S/C23H26FN5O2/c1-2-29-12-15(23(26)31)22(30)19-18(29)11-17(20(24)21(19)25)28-9-8-27-16-10-14(16)13-6-4-3-5-7-13/h3-7,11-12,14,16,27-28H,2,8-10,25H2,1H3,(H2,26,31)/t14-,16+/m1/s1. The van der Waals surface area contributed by atoms with E-state index in [0.717, 1.165) is 6.42 Å². The number of nitrogens with one attached hydrogen (secondary N) is 2. The summed E-state index contributed by atoms with van der Waals surface area (Å²) in [6, 6.07) is 12.3. The molecule has 0 saturated heterocycles. The number of anilines is 2. The van der Waals surface area contributed by atoms with E-state index in [0.29, 0.717) is 37.1 Å². The Labute approximate surface area is 179 Å². The Hall–Kier alpha value is -3.39. The molecule has 4 rings (SSSR count). The van der Waals surface area contributed by atoms with Gasteiger partial charge in [0.2, 0.25) is 5.43 Å². The number of nitrogens with zero attached hydrogens (tertiary/aromatic N) is 1. The van der Waals surface area contributed by atoms with E-state index >= 15 is 0 Å². The van der Waals surface area contributed by atoms with Gasteiger partial charge in [0.25, 0.3) is 5.91 Å². The topological polar surface area (TPSA) is 115 Å². The number of nitrogens with two attached hydrogens (primary N) is 2. The summed E-state index contributed by atoms with van der Waals surface area (Å²) < 4.78 is 16.6. The van der Waals surface area contributed by atoms with Gasteiger partial charge in [0.15, 0.2) is 5.82 Å². The lowest BCUT2D eigenvalue weighted by atomic mass is 10.1. The van der Waals surface area contributed by atoms with E-state index in [1.165, 1.54) is 11.8 Å². The second-order valence-electron chi connectivity index (χ2n) is 7.81. The maximum atomic E-state index is 14.9. The number of primary amides is 1. The smallest absolute Gasteiger partial charge is 0.254 e. The number of amides is 1. The summed E-state index contributed by atoms with van der Waals surface area (Å²) in [6.45, 7) is 3.47. The molecule has 3 aromatic rings. The van der Waals surface area contributed by atoms with Crippen LogP contribution in [0.4, 0.5) is 15.8 Å². The number of halogens is 1. The minimum absolute atomic E-state index is 0.0250. The van der Waals surface area contributed by atoms with Crippen LogP contribution in [0.5, 0.6) is 0 Å². The maximum Gasteiger partial charge on any atom is 0.254 e. The van der Waals surface area contributed by atoms with E-state index in [1.807, 2.05) is 25.1 Å². The van der Waals surface area contributed by atoms with Gasteiger partial charge in [-0.15, -0.1) is 0 Å². The van der Waals surface area contributed by atoms with Gasteiger partial charge in [0.05, 0.1) is 22.3 Å². The number of nitrogen functional groups attached to an aromatic ring is 1. The molecule has 7 nitrogen and oxygen atoms in total. The van der Waals surface area contributed by atoms with Crippen LogP contribution in [0.15, 0.2) is 47.4 Å². The number of hydrogen-bond donors (Lipinski definition) is 4. The van der Waals surface area contributed by atoms with Gasteiger partial charge in [-0.1, -0.05) is 30.3 Å². The summed E-state index contributed by atoms with van der Waals surface area (Å²) in [7, 11) is 0. The van der Waals surface area contributed by atoms with Crippen molar-refractivity contribution < 1.29 is 9.18 Å². The van der Waals surface area contributed by atoms with E-state index in [9.17, 15) is 14.0 Å². The Bertz CT molecular complexity index is 1190. The molecular formula is C23H26FN5O2. The van der Waals surface area contributed by atoms with Crippen LogP contribution in [-0.4, -0.2) is 29.6 Å². The predicted octanol–water partition coefficient (Wildman–Crippen LogP) is 2.40. The Balaban J connectivity index is 1.48. The minimum Gasteiger partial charge on any atom is -0.396 e. The number of aromatic nitrogens is 1. The first-order valence-corrected chi connectivity index (χ1v) is 10.4. The van der Waals surface area contributed by atoms with Crippen LogP contribution in [0, 0.1) is 5.82 Å². The Morgan fingerprint density at radius 1 is 1.26 bits per heavy atom. The lowest BCUT2D eigenvalue weighted by Crippen LogP contribution is -2.26. The van der Waals surface area contributed by atoms with Gasteiger partial charge in [-0.05, 0) is 25.0 Å². The Morgan fingerprint density at radius 3 is 2.68 bits per heavy atom. The molecule has 2 aromatic carbocycles. The van der Waals surface area contributed by atoms with Crippen molar-refractivity contribution in [1.82, 2.24) is 9.88 Å². The summed E-state index contributed by atoms with van der Waals surface area (Å²) in [5, 5.41) is 6.52. The number of rotatable bonds is 8. The van der Waals surface area contributed by atoms with Crippen LogP contribution in [-0.2, 0) is 6.54 Å². The van der Waals surface area contributed by atoms with Gasteiger partial charge in [-0.3, -0.25) is 9.59 Å². The monoisotopic (exact) mass is 423 g/mol. The molecule has 8 heteroatoms. The third kappa shape index (κ3) is 3.98. The fourth-order valence-corrected chi connectivity index (χ4v) is 4.06. The number of fused-ring (bicyclic) bond motifs is 1. The van der Waals surface area contributed by atoms with Crippen molar-refractivity contribution in [2.24, 2.45) is 5.73 Å². The molecule has 31 heavy (non-hydrogen) atoms. The zero-order valence-electron chi connectivity index (χ0n) is 17.3. The SMILES string of the molecule is CCn1cc(C(N)=O)c(=O)c2c(N)c(F)c(NCCN[C@H]3C[C@@H]3c3ccccc3)cc21. The third-order valence-electron chi connectivity index (χ3n) is 5.82. The molecule has 1 aliphatic carbocycles. The van der Waals surface area contributed by atoms with Gasteiger partial charge in [0, 0.05) is 37.8 Å². The fourth-order valence-electron chi connectivity index (χ4n) is 4.06. The summed E-state index contributed by atoms with van der Waals surface area (Å²) >= 11 is 0. The molecule has 6 N–H and O–H groups in total. The molecule has 162 valence electrons. The van der Waals surface area contributed by atoms with Crippen LogP contribution < -0.4 is 27.5 Å². The number of pyridine rings is 1. The van der Waals surface area contributed by atoms with Crippen molar-refractivity contribution in [1.29, 1.82) is 0 Å². The molecule has 0 radical (unpaired) electrons. The van der Waals surface area contributed by atoms with Crippen molar-refractivity contribution in [3.05, 3.63) is 69.8 Å². The van der Waals surface area contributed by atoms with Crippen molar-refractivity contribution in [2.45, 2.75) is 31.8 Å². The zero-order valence-corrected chi connectivity index (χ0v) is 17.3. The number of carbonyl (C=O) groups excluding carboxylic acids is 1. The summed E-state index contributed by atoms with van der Waals surface area (Å²) in [5.41, 5.74) is 12.1. The van der Waals surface area contributed by atoms with Crippen molar-refractivity contribution in [3.8, 4) is 0 Å². The van der Waals surface area contributed by atoms with Gasteiger partial charge in [-0.25, -0.2) is 4.39 Å². The second-order valence-corrected chi connectivity index (χ2v) is 7.81. The van der Waals surface area contributed by atoms with Crippen molar-refractivity contribution in [2.75, 3.05) is 24.1 Å². The first kappa shape index (κ1) is 20.9. The van der Waals surface area contributed by atoms with Crippen molar-refractivity contribution in [3.63, 3.8) is 0 Å². The summed E-state index contributed by atoms with van der Waals surface area (Å²) in [4.78, 5) is 24.2. The highest BCUT2D eigenvalue weighted by molar-refractivity contribution is 6.00. The van der Waals surface area contributed by atoms with Crippen LogP contribution in [0.3, 0.4) is 0 Å². The number of hydrogen-bond acceptors (Lipinski definition) is 5. The maximum absolute atomic E-state index is 14.9. The molecule has 1 fully saturated rings. The lowest BCUT2D eigenvalue weighted by Gasteiger charge is -2.16. The largest absolute Gasteiger partial charge is 0.396 e. The molecule has 1 aliphatic rings. The predicted molar refractivity (Wildman–Crippen MR) is 121 cm³/mol. The zero-order chi connectivity index (χ0) is 22.1. The highest BCUT2D eigenvalue weighted by Crippen LogP contribution is 2.40. The Kier molecular flexibility index (Phi) is 5.65. The highest BCUT2D eigenvalue weighted by atomic mass is 19.1. The molecule has 1 saturated carbocycles. The highest BCUT2D eigenvalue weighted by Gasteiger charge is 2.37. The normalized spacial score (nSPS) is 17.6. The van der Waals surface area contributed by atoms with E-state index in [-0.39, 0.29) is 22.3 Å². The van der Waals surface area contributed by atoms with E-state index in [4.69, 9.17) is 11.5 Å².